The van der Waals surface area contributed by atoms with Crippen LogP contribution in [-0.2, 0) is 0 Å². The highest BCUT2D eigenvalue weighted by Gasteiger charge is 2.22. The Hall–Kier alpha value is -6.70. The molecule has 0 saturated carbocycles. The lowest BCUT2D eigenvalue weighted by atomic mass is 9.80. The summed E-state index contributed by atoms with van der Waals surface area (Å²) in [5.74, 6) is 0. The van der Waals surface area contributed by atoms with Gasteiger partial charge < -0.3 is 4.42 Å². The zero-order chi connectivity index (χ0) is 33.7. The molecule has 1 heteroatoms. The molecule has 0 aliphatic heterocycles. The van der Waals surface area contributed by atoms with Crippen LogP contribution in [0.1, 0.15) is 0 Å². The van der Waals surface area contributed by atoms with Crippen molar-refractivity contribution in [3.8, 4) is 55.6 Å². The van der Waals surface area contributed by atoms with E-state index in [9.17, 15) is 0 Å². The third-order valence-electron chi connectivity index (χ3n) is 10.3. The first kappa shape index (κ1) is 29.2. The van der Waals surface area contributed by atoms with Crippen molar-refractivity contribution in [2.45, 2.75) is 0 Å². The Morgan fingerprint density at radius 1 is 0.235 bits per heavy atom. The van der Waals surface area contributed by atoms with Gasteiger partial charge in [0.15, 0.2) is 0 Å². The molecule has 1 aromatic heterocycles. The summed E-state index contributed by atoms with van der Waals surface area (Å²) >= 11 is 0. The van der Waals surface area contributed by atoms with E-state index in [1.54, 1.807) is 0 Å². The van der Waals surface area contributed by atoms with Gasteiger partial charge in [-0.05, 0) is 101 Å². The molecule has 0 bridgehead atoms. The number of benzene rings is 9. The fourth-order valence-corrected chi connectivity index (χ4v) is 8.01. The van der Waals surface area contributed by atoms with Gasteiger partial charge in [-0.2, -0.15) is 0 Å². The second kappa shape index (κ2) is 12.0. The van der Waals surface area contributed by atoms with Crippen molar-refractivity contribution >= 4 is 43.5 Å². The molecule has 0 unspecified atom stereocenters. The Morgan fingerprint density at radius 2 is 0.725 bits per heavy atom. The standard InChI is InChI=1S/C50H32O/c1-3-15-33(16-4-1)35-19-13-20-37(31-35)48-41-22-7-9-24-43(41)50(44-25-10-8-23-42(44)48)49-38(34-17-5-2-6-18-34)26-14-27-39(49)36-29-30-47-45(32-36)40-21-11-12-28-46(40)51-47/h1-32H. The van der Waals surface area contributed by atoms with Crippen LogP contribution >= 0.6 is 0 Å². The molecule has 0 amide bonds. The number of hydrogen-bond donors (Lipinski definition) is 0. The number of hydrogen-bond acceptors (Lipinski definition) is 1. The highest BCUT2D eigenvalue weighted by molar-refractivity contribution is 6.24. The molecule has 0 aliphatic rings. The molecular formula is C50H32O. The summed E-state index contributed by atoms with van der Waals surface area (Å²) in [5.41, 5.74) is 13.9. The van der Waals surface area contributed by atoms with Crippen molar-refractivity contribution in [1.29, 1.82) is 0 Å². The number of furan rings is 1. The lowest BCUT2D eigenvalue weighted by Gasteiger charge is -2.22. The molecule has 0 aliphatic carbocycles. The van der Waals surface area contributed by atoms with E-state index in [1.165, 1.54) is 71.6 Å². The summed E-state index contributed by atoms with van der Waals surface area (Å²) in [7, 11) is 0. The summed E-state index contributed by atoms with van der Waals surface area (Å²) in [6.45, 7) is 0. The van der Waals surface area contributed by atoms with Crippen molar-refractivity contribution in [2.75, 3.05) is 0 Å². The summed E-state index contributed by atoms with van der Waals surface area (Å²) in [5, 5.41) is 7.20. The first-order chi connectivity index (χ1) is 25.3. The Balaban J connectivity index is 1.31. The van der Waals surface area contributed by atoms with E-state index < -0.39 is 0 Å². The first-order valence-corrected chi connectivity index (χ1v) is 17.5. The Labute approximate surface area is 296 Å². The van der Waals surface area contributed by atoms with Gasteiger partial charge in [0, 0.05) is 10.8 Å². The van der Waals surface area contributed by atoms with Crippen molar-refractivity contribution in [2.24, 2.45) is 0 Å². The number of rotatable bonds is 5. The smallest absolute Gasteiger partial charge is 0.135 e. The van der Waals surface area contributed by atoms with Gasteiger partial charge in [0.05, 0.1) is 0 Å². The van der Waals surface area contributed by atoms with Crippen molar-refractivity contribution in [3.63, 3.8) is 0 Å². The predicted octanol–water partition coefficient (Wildman–Crippen LogP) is 14.2. The quantitative estimate of drug-likeness (QED) is 0.169. The van der Waals surface area contributed by atoms with E-state index in [2.05, 4.69) is 182 Å². The van der Waals surface area contributed by atoms with Crippen molar-refractivity contribution in [1.82, 2.24) is 0 Å². The first-order valence-electron chi connectivity index (χ1n) is 17.5. The normalized spacial score (nSPS) is 11.5. The van der Waals surface area contributed by atoms with E-state index in [0.29, 0.717) is 0 Å². The minimum Gasteiger partial charge on any atom is -0.456 e. The molecule has 0 atom stereocenters. The maximum atomic E-state index is 6.26. The fraction of sp³-hybridized carbons (Fsp3) is 0. The Bertz CT molecular complexity index is 2840. The monoisotopic (exact) mass is 648 g/mol. The van der Waals surface area contributed by atoms with E-state index in [4.69, 9.17) is 4.42 Å². The van der Waals surface area contributed by atoms with Crippen LogP contribution in [0.25, 0.3) is 99.1 Å². The van der Waals surface area contributed by atoms with E-state index in [-0.39, 0.29) is 0 Å². The molecule has 0 fully saturated rings. The third-order valence-corrected chi connectivity index (χ3v) is 10.3. The number of fused-ring (bicyclic) bond motifs is 5. The second-order valence-corrected chi connectivity index (χ2v) is 13.2. The average Bonchev–Trinajstić information content (AvgIpc) is 3.58. The fourth-order valence-electron chi connectivity index (χ4n) is 8.01. The van der Waals surface area contributed by atoms with Gasteiger partial charge in [-0.15, -0.1) is 0 Å². The molecule has 10 rings (SSSR count). The number of para-hydroxylation sites is 1. The molecule has 51 heavy (non-hydrogen) atoms. The van der Waals surface area contributed by atoms with Gasteiger partial charge in [-0.3, -0.25) is 0 Å². The zero-order valence-electron chi connectivity index (χ0n) is 27.9. The summed E-state index contributed by atoms with van der Waals surface area (Å²) < 4.78 is 6.26. The Morgan fingerprint density at radius 3 is 1.41 bits per heavy atom. The van der Waals surface area contributed by atoms with Crippen molar-refractivity contribution < 1.29 is 4.42 Å². The van der Waals surface area contributed by atoms with Crippen LogP contribution in [0.5, 0.6) is 0 Å². The van der Waals surface area contributed by atoms with Crippen LogP contribution in [0, 0.1) is 0 Å². The maximum Gasteiger partial charge on any atom is 0.135 e. The van der Waals surface area contributed by atoms with Gasteiger partial charge >= 0.3 is 0 Å². The van der Waals surface area contributed by atoms with E-state index >= 15 is 0 Å². The van der Waals surface area contributed by atoms with Crippen LogP contribution in [0.3, 0.4) is 0 Å². The molecule has 0 N–H and O–H groups in total. The molecule has 238 valence electrons. The molecule has 0 radical (unpaired) electrons. The topological polar surface area (TPSA) is 13.1 Å². The lowest BCUT2D eigenvalue weighted by molar-refractivity contribution is 0.669. The van der Waals surface area contributed by atoms with Crippen molar-refractivity contribution in [3.05, 3.63) is 194 Å². The average molecular weight is 649 g/mol. The molecule has 1 heterocycles. The molecule has 1 nitrogen and oxygen atoms in total. The SMILES string of the molecule is c1ccc(-c2cccc(-c3c4ccccc4c(-c4c(-c5ccccc5)cccc4-c4ccc5oc6ccccc6c5c4)c4ccccc34)c2)cc1. The highest BCUT2D eigenvalue weighted by Crippen LogP contribution is 2.49. The predicted molar refractivity (Wildman–Crippen MR) is 216 cm³/mol. The van der Waals surface area contributed by atoms with Gasteiger partial charge in [0.2, 0.25) is 0 Å². The Kier molecular flexibility index (Phi) is 6.89. The van der Waals surface area contributed by atoms with E-state index in [0.717, 1.165) is 27.5 Å². The van der Waals surface area contributed by atoms with Crippen LogP contribution in [-0.4, -0.2) is 0 Å². The van der Waals surface area contributed by atoms with Gasteiger partial charge in [-0.1, -0.05) is 170 Å². The molecule has 10 aromatic rings. The minimum absolute atomic E-state index is 0.902. The van der Waals surface area contributed by atoms with Crippen LogP contribution in [0.2, 0.25) is 0 Å². The van der Waals surface area contributed by atoms with Crippen LogP contribution in [0.4, 0.5) is 0 Å². The van der Waals surface area contributed by atoms with Gasteiger partial charge in [0.25, 0.3) is 0 Å². The third kappa shape index (κ3) is 4.86. The molecular weight excluding hydrogens is 617 g/mol. The van der Waals surface area contributed by atoms with Gasteiger partial charge in [-0.25, -0.2) is 0 Å². The summed E-state index contributed by atoms with van der Waals surface area (Å²) in [6.07, 6.45) is 0. The molecule has 0 saturated heterocycles. The summed E-state index contributed by atoms with van der Waals surface area (Å²) in [6, 6.07) is 70.1. The summed E-state index contributed by atoms with van der Waals surface area (Å²) in [4.78, 5) is 0. The highest BCUT2D eigenvalue weighted by atomic mass is 16.3. The molecule has 9 aromatic carbocycles. The lowest BCUT2D eigenvalue weighted by Crippen LogP contribution is -1.95. The second-order valence-electron chi connectivity index (χ2n) is 13.2. The largest absolute Gasteiger partial charge is 0.456 e. The zero-order valence-corrected chi connectivity index (χ0v) is 27.9. The van der Waals surface area contributed by atoms with Crippen LogP contribution in [0.15, 0.2) is 199 Å². The van der Waals surface area contributed by atoms with Gasteiger partial charge in [0.1, 0.15) is 11.2 Å². The maximum absolute atomic E-state index is 6.26. The molecule has 0 spiro atoms. The van der Waals surface area contributed by atoms with E-state index in [1.807, 2.05) is 12.1 Å². The van der Waals surface area contributed by atoms with Crippen LogP contribution < -0.4 is 0 Å². The minimum atomic E-state index is 0.902.